The third-order valence-corrected chi connectivity index (χ3v) is 3.22. The number of nitrogens with one attached hydrogen (secondary N) is 3. The first kappa shape index (κ1) is 17.0. The summed E-state index contributed by atoms with van der Waals surface area (Å²) < 4.78 is 0. The highest BCUT2D eigenvalue weighted by Crippen LogP contribution is 2.16. The van der Waals surface area contributed by atoms with Gasteiger partial charge in [0.15, 0.2) is 0 Å². The van der Waals surface area contributed by atoms with E-state index in [0.717, 1.165) is 12.1 Å². The van der Waals surface area contributed by atoms with Crippen molar-refractivity contribution in [3.8, 4) is 0 Å². The average Bonchev–Trinajstić information content (AvgIpc) is 2.38. The summed E-state index contributed by atoms with van der Waals surface area (Å²) in [5.74, 6) is -0.590. The van der Waals surface area contributed by atoms with Crippen LogP contribution in [0.15, 0.2) is 24.3 Å². The molecule has 6 heteroatoms. The second kappa shape index (κ2) is 7.08. The fraction of sp³-hybridized carbons (Fsp3) is 0.467. The minimum absolute atomic E-state index is 0.256. The van der Waals surface area contributed by atoms with Crippen molar-refractivity contribution in [2.24, 2.45) is 5.73 Å². The molecule has 1 aromatic rings. The Morgan fingerprint density at radius 2 is 1.81 bits per heavy atom. The molecule has 0 heterocycles. The fourth-order valence-corrected chi connectivity index (χ4v) is 1.79. The van der Waals surface area contributed by atoms with E-state index in [1.54, 1.807) is 13.8 Å². The SMILES string of the molecule is CCNC(C)c1ccc(NC(=O)NC(C)(C)C(N)=O)cc1. The zero-order chi connectivity index (χ0) is 16.0. The van der Waals surface area contributed by atoms with Gasteiger partial charge in [0.2, 0.25) is 5.91 Å². The molecule has 0 aliphatic heterocycles. The number of benzene rings is 1. The van der Waals surface area contributed by atoms with Crippen LogP contribution in [0.25, 0.3) is 0 Å². The van der Waals surface area contributed by atoms with E-state index in [0.29, 0.717) is 5.69 Å². The molecule has 116 valence electrons. The van der Waals surface area contributed by atoms with Crippen LogP contribution in [-0.4, -0.2) is 24.0 Å². The average molecular weight is 292 g/mol. The van der Waals surface area contributed by atoms with E-state index < -0.39 is 17.5 Å². The van der Waals surface area contributed by atoms with Gasteiger partial charge < -0.3 is 21.7 Å². The van der Waals surface area contributed by atoms with Crippen molar-refractivity contribution < 1.29 is 9.59 Å². The van der Waals surface area contributed by atoms with Gasteiger partial charge in [0.1, 0.15) is 5.54 Å². The standard InChI is InChI=1S/C15H24N4O2/c1-5-17-10(2)11-6-8-12(9-7-11)18-14(21)19-15(3,4)13(16)20/h6-10,17H,5H2,1-4H3,(H2,16,20)(H2,18,19,21). The van der Waals surface area contributed by atoms with Gasteiger partial charge in [-0.25, -0.2) is 4.79 Å². The number of carbonyl (C=O) groups excluding carboxylic acids is 2. The molecule has 3 amide bonds. The monoisotopic (exact) mass is 292 g/mol. The summed E-state index contributed by atoms with van der Waals surface area (Å²) in [6.45, 7) is 8.13. The zero-order valence-corrected chi connectivity index (χ0v) is 13.0. The Bertz CT molecular complexity index is 497. The summed E-state index contributed by atoms with van der Waals surface area (Å²) in [5.41, 5.74) is 5.90. The van der Waals surface area contributed by atoms with Gasteiger partial charge in [-0.15, -0.1) is 0 Å². The molecule has 0 fully saturated rings. The summed E-state index contributed by atoms with van der Waals surface area (Å²) in [6.07, 6.45) is 0. The van der Waals surface area contributed by atoms with Crippen molar-refractivity contribution in [2.75, 3.05) is 11.9 Å². The lowest BCUT2D eigenvalue weighted by atomic mass is 10.1. The van der Waals surface area contributed by atoms with Gasteiger partial charge in [0, 0.05) is 11.7 Å². The van der Waals surface area contributed by atoms with Gasteiger partial charge in [-0.3, -0.25) is 4.79 Å². The van der Waals surface area contributed by atoms with Crippen LogP contribution < -0.4 is 21.7 Å². The van der Waals surface area contributed by atoms with Crippen LogP contribution in [0.3, 0.4) is 0 Å². The second-order valence-electron chi connectivity index (χ2n) is 5.47. The number of nitrogens with two attached hydrogens (primary N) is 1. The summed E-state index contributed by atoms with van der Waals surface area (Å²) in [7, 11) is 0. The molecule has 1 atom stereocenters. The molecule has 1 aromatic carbocycles. The maximum Gasteiger partial charge on any atom is 0.320 e. The first-order valence-corrected chi connectivity index (χ1v) is 6.98. The van der Waals surface area contributed by atoms with Crippen molar-refractivity contribution in [2.45, 2.75) is 39.3 Å². The molecule has 0 bridgehead atoms. The molecule has 1 rings (SSSR count). The van der Waals surface area contributed by atoms with E-state index in [9.17, 15) is 9.59 Å². The Balaban J connectivity index is 2.64. The molecule has 0 aromatic heterocycles. The van der Waals surface area contributed by atoms with Crippen LogP contribution in [0.2, 0.25) is 0 Å². The molecule has 1 unspecified atom stereocenters. The molecule has 6 nitrogen and oxygen atoms in total. The summed E-state index contributed by atoms with van der Waals surface area (Å²) >= 11 is 0. The first-order chi connectivity index (χ1) is 9.76. The molecule has 0 saturated heterocycles. The van der Waals surface area contributed by atoms with Gasteiger partial charge in [-0.05, 0) is 45.0 Å². The zero-order valence-electron chi connectivity index (χ0n) is 13.0. The molecule has 21 heavy (non-hydrogen) atoms. The third-order valence-electron chi connectivity index (χ3n) is 3.22. The number of primary amides is 1. The molecule has 0 spiro atoms. The molecule has 5 N–H and O–H groups in total. The summed E-state index contributed by atoms with van der Waals surface area (Å²) in [6, 6.07) is 7.32. The number of anilines is 1. The van der Waals surface area contributed by atoms with Crippen LogP contribution in [0.4, 0.5) is 10.5 Å². The van der Waals surface area contributed by atoms with Gasteiger partial charge in [-0.2, -0.15) is 0 Å². The molecule has 0 saturated carbocycles. The van der Waals surface area contributed by atoms with E-state index in [2.05, 4.69) is 29.8 Å². The van der Waals surface area contributed by atoms with Crippen molar-refractivity contribution in [3.63, 3.8) is 0 Å². The first-order valence-electron chi connectivity index (χ1n) is 6.98. The Labute approximate surface area is 125 Å². The molecule has 0 radical (unpaired) electrons. The van der Waals surface area contributed by atoms with Crippen LogP contribution in [0, 0.1) is 0 Å². The number of urea groups is 1. The fourth-order valence-electron chi connectivity index (χ4n) is 1.79. The van der Waals surface area contributed by atoms with Crippen molar-refractivity contribution in [1.82, 2.24) is 10.6 Å². The van der Waals surface area contributed by atoms with Crippen molar-refractivity contribution in [1.29, 1.82) is 0 Å². The normalized spacial score (nSPS) is 12.6. The van der Waals surface area contributed by atoms with Crippen LogP contribution in [-0.2, 0) is 4.79 Å². The molecule has 0 aliphatic carbocycles. The second-order valence-corrected chi connectivity index (χ2v) is 5.47. The molecular formula is C15H24N4O2. The van der Waals surface area contributed by atoms with E-state index in [4.69, 9.17) is 5.73 Å². The highest BCUT2D eigenvalue weighted by molar-refractivity contribution is 5.94. The van der Waals surface area contributed by atoms with E-state index in [-0.39, 0.29) is 6.04 Å². The number of hydrogen-bond donors (Lipinski definition) is 4. The summed E-state index contributed by atoms with van der Waals surface area (Å²) in [4.78, 5) is 23.0. The Morgan fingerprint density at radius 3 is 2.29 bits per heavy atom. The number of hydrogen-bond acceptors (Lipinski definition) is 3. The summed E-state index contributed by atoms with van der Waals surface area (Å²) in [5, 5.41) is 8.51. The van der Waals surface area contributed by atoms with Gasteiger partial charge in [0.25, 0.3) is 0 Å². The van der Waals surface area contributed by atoms with Crippen molar-refractivity contribution in [3.05, 3.63) is 29.8 Å². The van der Waals surface area contributed by atoms with Gasteiger partial charge >= 0.3 is 6.03 Å². The largest absolute Gasteiger partial charge is 0.368 e. The highest BCUT2D eigenvalue weighted by Gasteiger charge is 2.26. The minimum atomic E-state index is -1.09. The lowest BCUT2D eigenvalue weighted by molar-refractivity contribution is -0.122. The Hall–Kier alpha value is -2.08. The van der Waals surface area contributed by atoms with Gasteiger partial charge in [0.05, 0.1) is 0 Å². The lowest BCUT2D eigenvalue weighted by Crippen LogP contribution is -2.54. The molecule has 0 aliphatic rings. The highest BCUT2D eigenvalue weighted by atomic mass is 16.2. The molecular weight excluding hydrogens is 268 g/mol. The predicted octanol–water partition coefficient (Wildman–Crippen LogP) is 1.74. The minimum Gasteiger partial charge on any atom is -0.368 e. The van der Waals surface area contributed by atoms with Gasteiger partial charge in [-0.1, -0.05) is 19.1 Å². The number of amides is 3. The lowest BCUT2D eigenvalue weighted by Gasteiger charge is -2.22. The Morgan fingerprint density at radius 1 is 1.24 bits per heavy atom. The van der Waals surface area contributed by atoms with E-state index in [1.165, 1.54) is 0 Å². The number of carbonyl (C=O) groups is 2. The number of rotatable bonds is 6. The maximum atomic E-state index is 11.8. The van der Waals surface area contributed by atoms with Crippen LogP contribution >= 0.6 is 0 Å². The van der Waals surface area contributed by atoms with E-state index >= 15 is 0 Å². The quantitative estimate of drug-likeness (QED) is 0.643. The van der Waals surface area contributed by atoms with Crippen LogP contribution in [0.5, 0.6) is 0 Å². The Kier molecular flexibility index (Phi) is 5.72. The third kappa shape index (κ3) is 5.07. The van der Waals surface area contributed by atoms with E-state index in [1.807, 2.05) is 24.3 Å². The predicted molar refractivity (Wildman–Crippen MR) is 84.0 cm³/mol. The van der Waals surface area contributed by atoms with Crippen LogP contribution in [0.1, 0.15) is 39.3 Å². The van der Waals surface area contributed by atoms with Crippen molar-refractivity contribution >= 4 is 17.6 Å². The maximum absolute atomic E-state index is 11.8. The smallest absolute Gasteiger partial charge is 0.320 e. The topological polar surface area (TPSA) is 96.2 Å².